The van der Waals surface area contributed by atoms with Gasteiger partial charge in [0.15, 0.2) is 0 Å². The molecule has 3 heterocycles. The molecule has 1 aromatic carbocycles. The van der Waals surface area contributed by atoms with Crippen LogP contribution in [0.25, 0.3) is 0 Å². The maximum atomic E-state index is 14.0. The van der Waals surface area contributed by atoms with Crippen LogP contribution in [0.1, 0.15) is 38.1 Å². The number of nitrogens with one attached hydrogen (secondary N) is 2. The lowest BCUT2D eigenvalue weighted by atomic mass is 9.70. The third-order valence-corrected chi connectivity index (χ3v) is 7.30. The average Bonchev–Trinajstić information content (AvgIpc) is 3.29. The first kappa shape index (κ1) is 29.3. The molecule has 0 aromatic heterocycles. The number of hydrogen-bond donors (Lipinski definition) is 2. The van der Waals surface area contributed by atoms with Gasteiger partial charge in [-0.15, -0.1) is 0 Å². The SMILES string of the molecule is CC(C)OC(=O)C1=CN(C(=O)c2ccc(OCCN3CCOCC3)cc2)CC(C)(C)C2C1NNC2C(F)(F)F. The van der Waals surface area contributed by atoms with Crippen LogP contribution in [0.15, 0.2) is 36.0 Å². The number of hydrogen-bond acceptors (Lipinski definition) is 8. The second-order valence-corrected chi connectivity index (χ2v) is 11.1. The molecule has 12 heteroatoms. The number of fused-ring (bicyclic) bond motifs is 1. The fourth-order valence-corrected chi connectivity index (χ4v) is 5.42. The zero-order chi connectivity index (χ0) is 28.4. The number of benzene rings is 1. The largest absolute Gasteiger partial charge is 0.492 e. The van der Waals surface area contributed by atoms with E-state index in [1.165, 1.54) is 11.1 Å². The Kier molecular flexibility index (Phi) is 8.89. The van der Waals surface area contributed by atoms with E-state index >= 15 is 0 Å². The van der Waals surface area contributed by atoms with Crippen LogP contribution in [-0.2, 0) is 14.3 Å². The Balaban J connectivity index is 1.53. The third-order valence-electron chi connectivity index (χ3n) is 7.30. The molecule has 2 N–H and O–H groups in total. The van der Waals surface area contributed by atoms with Crippen LogP contribution in [0.3, 0.4) is 0 Å². The fraction of sp³-hybridized carbons (Fsp3) is 0.630. The van der Waals surface area contributed by atoms with Crippen LogP contribution in [0, 0.1) is 11.3 Å². The van der Waals surface area contributed by atoms with Gasteiger partial charge in [-0.1, -0.05) is 13.8 Å². The molecule has 0 bridgehead atoms. The van der Waals surface area contributed by atoms with E-state index < -0.39 is 47.6 Å². The van der Waals surface area contributed by atoms with Crippen LogP contribution in [0.5, 0.6) is 5.75 Å². The number of ether oxygens (including phenoxy) is 3. The normalized spacial score (nSPS) is 25.6. The zero-order valence-corrected chi connectivity index (χ0v) is 22.7. The summed E-state index contributed by atoms with van der Waals surface area (Å²) in [4.78, 5) is 30.2. The number of hydrazine groups is 1. The molecule has 0 saturated carbocycles. The Labute approximate surface area is 226 Å². The van der Waals surface area contributed by atoms with Crippen LogP contribution < -0.4 is 15.6 Å². The molecule has 1 aromatic rings. The highest BCUT2D eigenvalue weighted by atomic mass is 19.4. The lowest BCUT2D eigenvalue weighted by molar-refractivity contribution is -0.170. The van der Waals surface area contributed by atoms with Gasteiger partial charge in [-0.25, -0.2) is 15.6 Å². The van der Waals surface area contributed by atoms with E-state index in [0.717, 1.165) is 19.6 Å². The van der Waals surface area contributed by atoms with Gasteiger partial charge in [-0.3, -0.25) is 9.69 Å². The van der Waals surface area contributed by atoms with E-state index in [-0.39, 0.29) is 12.1 Å². The predicted molar refractivity (Wildman–Crippen MR) is 137 cm³/mol. The number of carbonyl (C=O) groups excluding carboxylic acids is 2. The van der Waals surface area contributed by atoms with E-state index in [4.69, 9.17) is 14.2 Å². The quantitative estimate of drug-likeness (QED) is 0.498. The summed E-state index contributed by atoms with van der Waals surface area (Å²) in [6, 6.07) is 3.70. The smallest absolute Gasteiger partial charge is 0.405 e. The van der Waals surface area contributed by atoms with Gasteiger partial charge < -0.3 is 19.1 Å². The first-order chi connectivity index (χ1) is 18.4. The van der Waals surface area contributed by atoms with Gasteiger partial charge in [0.05, 0.1) is 30.9 Å². The Morgan fingerprint density at radius 2 is 1.79 bits per heavy atom. The van der Waals surface area contributed by atoms with E-state index in [0.29, 0.717) is 31.1 Å². The summed E-state index contributed by atoms with van der Waals surface area (Å²) in [7, 11) is 0. The second kappa shape index (κ2) is 11.8. The Hall–Kier alpha value is -2.67. The Bertz CT molecular complexity index is 1050. The van der Waals surface area contributed by atoms with Crippen LogP contribution in [0.2, 0.25) is 0 Å². The Morgan fingerprint density at radius 1 is 1.13 bits per heavy atom. The third kappa shape index (κ3) is 6.92. The zero-order valence-electron chi connectivity index (χ0n) is 22.7. The summed E-state index contributed by atoms with van der Waals surface area (Å²) in [6.07, 6.45) is -3.71. The molecule has 0 aliphatic carbocycles. The highest BCUT2D eigenvalue weighted by Gasteiger charge is 2.59. The highest BCUT2D eigenvalue weighted by Crippen LogP contribution is 2.45. The van der Waals surface area contributed by atoms with Gasteiger partial charge >= 0.3 is 12.1 Å². The molecule has 3 aliphatic rings. The van der Waals surface area contributed by atoms with E-state index in [1.54, 1.807) is 52.0 Å². The summed E-state index contributed by atoms with van der Waals surface area (Å²) >= 11 is 0. The molecule has 0 spiro atoms. The number of alkyl halides is 3. The minimum Gasteiger partial charge on any atom is -0.492 e. The van der Waals surface area contributed by atoms with E-state index in [2.05, 4.69) is 15.8 Å². The molecule has 3 aliphatic heterocycles. The van der Waals surface area contributed by atoms with Crippen molar-refractivity contribution >= 4 is 11.9 Å². The van der Waals surface area contributed by atoms with E-state index in [9.17, 15) is 22.8 Å². The number of esters is 1. The highest BCUT2D eigenvalue weighted by molar-refractivity contribution is 5.97. The summed E-state index contributed by atoms with van der Waals surface area (Å²) < 4.78 is 58.4. The average molecular weight is 555 g/mol. The van der Waals surface area contributed by atoms with Crippen molar-refractivity contribution in [3.8, 4) is 5.75 Å². The number of rotatable bonds is 7. The number of halogens is 3. The van der Waals surface area contributed by atoms with Crippen molar-refractivity contribution in [2.24, 2.45) is 11.3 Å². The monoisotopic (exact) mass is 554 g/mol. The summed E-state index contributed by atoms with van der Waals surface area (Å²) in [5, 5.41) is 0. The summed E-state index contributed by atoms with van der Waals surface area (Å²) in [5.74, 6) is -1.67. The number of nitrogens with zero attached hydrogens (tertiary/aromatic N) is 2. The van der Waals surface area contributed by atoms with Gasteiger partial charge in [0.25, 0.3) is 5.91 Å². The van der Waals surface area contributed by atoms with E-state index in [1.807, 2.05) is 0 Å². The molecule has 216 valence electrons. The molecule has 4 rings (SSSR count). The second-order valence-electron chi connectivity index (χ2n) is 11.1. The summed E-state index contributed by atoms with van der Waals surface area (Å²) in [5.41, 5.74) is 4.26. The van der Waals surface area contributed by atoms with Crippen LogP contribution in [0.4, 0.5) is 13.2 Å². The van der Waals surface area contributed by atoms with Crippen molar-refractivity contribution in [2.45, 2.75) is 52.1 Å². The lowest BCUT2D eigenvalue weighted by Gasteiger charge is -2.38. The number of morpholine rings is 1. The predicted octanol–water partition coefficient (Wildman–Crippen LogP) is 2.74. The van der Waals surface area contributed by atoms with Crippen molar-refractivity contribution in [3.05, 3.63) is 41.6 Å². The molecule has 2 fully saturated rings. The summed E-state index contributed by atoms with van der Waals surface area (Å²) in [6.45, 7) is 11.0. The minimum atomic E-state index is -4.56. The molecule has 1 amide bonds. The molecule has 39 heavy (non-hydrogen) atoms. The van der Waals surface area contributed by atoms with Crippen molar-refractivity contribution in [1.82, 2.24) is 20.7 Å². The van der Waals surface area contributed by atoms with Gasteiger partial charge in [-0.05, 0) is 43.5 Å². The first-order valence-electron chi connectivity index (χ1n) is 13.2. The fourth-order valence-electron chi connectivity index (χ4n) is 5.42. The molecule has 9 nitrogen and oxygen atoms in total. The maximum absolute atomic E-state index is 14.0. The lowest BCUT2D eigenvalue weighted by Crippen LogP contribution is -2.50. The van der Waals surface area contributed by atoms with Crippen molar-refractivity contribution in [3.63, 3.8) is 0 Å². The van der Waals surface area contributed by atoms with Crippen LogP contribution >= 0.6 is 0 Å². The van der Waals surface area contributed by atoms with Crippen molar-refractivity contribution < 1.29 is 37.0 Å². The molecule has 0 radical (unpaired) electrons. The molecular formula is C27H37F3N4O5. The standard InChI is InChI=1S/C27H37F3N4O5/c1-17(2)39-25(36)20-15-34(16-26(3,4)21-22(20)31-32-23(21)27(28,29)30)24(35)18-5-7-19(8-6-18)38-14-11-33-9-12-37-13-10-33/h5-8,15,17,21-23,31-32H,9-14,16H2,1-4H3. The van der Waals surface area contributed by atoms with Crippen molar-refractivity contribution in [1.29, 1.82) is 0 Å². The number of amides is 1. The van der Waals surface area contributed by atoms with Gasteiger partial charge in [0.1, 0.15) is 18.4 Å². The van der Waals surface area contributed by atoms with Crippen LogP contribution in [-0.4, -0.2) is 92.0 Å². The van der Waals surface area contributed by atoms with Gasteiger partial charge in [0, 0.05) is 43.9 Å². The van der Waals surface area contributed by atoms with Crippen molar-refractivity contribution in [2.75, 3.05) is 46.0 Å². The maximum Gasteiger partial charge on any atom is 0.405 e. The molecule has 2 saturated heterocycles. The molecule has 3 atom stereocenters. The Morgan fingerprint density at radius 3 is 2.41 bits per heavy atom. The first-order valence-corrected chi connectivity index (χ1v) is 13.2. The molecular weight excluding hydrogens is 517 g/mol. The topological polar surface area (TPSA) is 92.4 Å². The molecule has 3 unspecified atom stereocenters. The number of carbonyl (C=O) groups is 2. The van der Waals surface area contributed by atoms with Gasteiger partial charge in [-0.2, -0.15) is 13.2 Å². The minimum absolute atomic E-state index is 0.0286. The van der Waals surface area contributed by atoms with Gasteiger partial charge in [0.2, 0.25) is 0 Å².